The molecule has 0 aliphatic heterocycles. The van der Waals surface area contributed by atoms with E-state index in [0.717, 1.165) is 19.3 Å². The van der Waals surface area contributed by atoms with Crippen LogP contribution in [0.15, 0.2) is 48.3 Å². The molecule has 0 atom stereocenters. The minimum Gasteiger partial charge on any atom is -0.484 e. The van der Waals surface area contributed by atoms with Crippen LogP contribution in [-0.4, -0.2) is 34.9 Å². The van der Waals surface area contributed by atoms with E-state index in [2.05, 4.69) is 38.3 Å². The first kappa shape index (κ1) is 27.2. The van der Waals surface area contributed by atoms with Crippen molar-refractivity contribution in [1.29, 1.82) is 0 Å². The smallest absolute Gasteiger partial charge is 0.258 e. The predicted octanol–water partition coefficient (Wildman–Crippen LogP) is 6.62. The summed E-state index contributed by atoms with van der Waals surface area (Å²) in [6.45, 7) is 8.98. The zero-order chi connectivity index (χ0) is 25.7. The summed E-state index contributed by atoms with van der Waals surface area (Å²) in [5.74, 6) is 1.25. The molecule has 200 valence electrons. The molecule has 0 aromatic carbocycles. The van der Waals surface area contributed by atoms with E-state index in [1.807, 2.05) is 42.5 Å². The summed E-state index contributed by atoms with van der Waals surface area (Å²) in [5.41, 5.74) is -0.569. The molecule has 0 heterocycles. The Morgan fingerprint density at radius 3 is 2.11 bits per heavy atom. The summed E-state index contributed by atoms with van der Waals surface area (Å²) in [6.07, 6.45) is 28.3. The van der Waals surface area contributed by atoms with Gasteiger partial charge in [0.05, 0.1) is 5.60 Å². The Morgan fingerprint density at radius 1 is 0.861 bits per heavy atom. The number of ether oxygens (including phenoxy) is 2. The van der Waals surface area contributed by atoms with Gasteiger partial charge in [0, 0.05) is 11.1 Å². The van der Waals surface area contributed by atoms with Crippen LogP contribution in [0.25, 0.3) is 0 Å². The third-order valence-electron chi connectivity index (χ3n) is 8.44. The summed E-state index contributed by atoms with van der Waals surface area (Å²) in [4.78, 5) is 12.6. The first-order chi connectivity index (χ1) is 17.1. The van der Waals surface area contributed by atoms with Gasteiger partial charge in [-0.15, -0.1) is 0 Å². The lowest BCUT2D eigenvalue weighted by molar-refractivity contribution is -0.212. The van der Waals surface area contributed by atoms with E-state index in [1.165, 1.54) is 57.8 Å². The molecule has 5 heteroatoms. The molecule has 5 rings (SSSR count). The van der Waals surface area contributed by atoms with Gasteiger partial charge in [-0.1, -0.05) is 75.3 Å². The van der Waals surface area contributed by atoms with E-state index in [4.69, 9.17) is 9.47 Å². The molecule has 5 aliphatic rings. The fraction of sp³-hybridized carbons (Fsp3) is 0.710. The van der Waals surface area contributed by atoms with E-state index in [1.54, 1.807) is 0 Å². The monoisotopic (exact) mass is 496 g/mol. The topological polar surface area (TPSA) is 59.6 Å². The number of hydrogen-bond acceptors (Lipinski definition) is 4. The average molecular weight is 497 g/mol. The van der Waals surface area contributed by atoms with Gasteiger partial charge < -0.3 is 14.8 Å². The van der Waals surface area contributed by atoms with Crippen molar-refractivity contribution in [3.05, 3.63) is 48.3 Å². The molecule has 0 aromatic heterocycles. The molecule has 0 saturated heterocycles. The molecule has 4 saturated carbocycles. The molecule has 0 spiro atoms. The number of carbonyl (C=O) groups is 1. The highest BCUT2D eigenvalue weighted by Gasteiger charge is 2.69. The summed E-state index contributed by atoms with van der Waals surface area (Å²) in [5, 5.41) is 7.07. The van der Waals surface area contributed by atoms with Crippen LogP contribution < -0.4 is 10.6 Å². The summed E-state index contributed by atoms with van der Waals surface area (Å²) < 4.78 is 12.5. The van der Waals surface area contributed by atoms with E-state index in [-0.39, 0.29) is 29.2 Å². The van der Waals surface area contributed by atoms with Gasteiger partial charge in [-0.2, -0.15) is 0 Å². The van der Waals surface area contributed by atoms with Crippen LogP contribution in [0.4, 0.5) is 0 Å². The molecule has 5 aliphatic carbocycles. The normalized spacial score (nSPS) is 33.4. The Bertz CT molecular complexity index is 866. The van der Waals surface area contributed by atoms with Gasteiger partial charge in [-0.3, -0.25) is 10.1 Å². The van der Waals surface area contributed by atoms with Crippen LogP contribution >= 0.6 is 0 Å². The largest absolute Gasteiger partial charge is 0.484 e. The van der Waals surface area contributed by atoms with Crippen molar-refractivity contribution in [1.82, 2.24) is 10.6 Å². The summed E-state index contributed by atoms with van der Waals surface area (Å²) in [6, 6.07) is 0. The first-order valence-electron chi connectivity index (χ1n) is 14.3. The average Bonchev–Trinajstić information content (AvgIpc) is 2.73. The minimum absolute atomic E-state index is 0.0418. The van der Waals surface area contributed by atoms with Crippen LogP contribution in [0.1, 0.15) is 105 Å². The maximum Gasteiger partial charge on any atom is 0.258 e. The lowest BCUT2D eigenvalue weighted by atomic mass is 9.44. The van der Waals surface area contributed by atoms with Gasteiger partial charge in [0.15, 0.2) is 6.61 Å². The molecular formula is C31H48N2O3. The van der Waals surface area contributed by atoms with Gasteiger partial charge in [0.1, 0.15) is 11.5 Å². The Balaban J connectivity index is 1.22. The number of rotatable bonds is 9. The molecule has 0 unspecified atom stereocenters. The third kappa shape index (κ3) is 7.13. The fourth-order valence-corrected chi connectivity index (χ4v) is 7.09. The fourth-order valence-electron chi connectivity index (χ4n) is 7.09. The molecule has 1 amide bonds. The quantitative estimate of drug-likeness (QED) is 0.352. The van der Waals surface area contributed by atoms with Crippen molar-refractivity contribution in [2.24, 2.45) is 5.92 Å². The number of nitrogens with one attached hydrogen (secondary N) is 2. The molecule has 0 radical (unpaired) electrons. The number of carbonyl (C=O) groups excluding carboxylic acids is 1. The van der Waals surface area contributed by atoms with E-state index in [0.29, 0.717) is 11.7 Å². The van der Waals surface area contributed by atoms with Crippen molar-refractivity contribution in [3.8, 4) is 0 Å². The SMILES string of the molecule is CC(C)(NC12CC(NC(=O)COC3=C/C=C\C=C/C=C\3)(C1)C2)OC(C)(C)C1CCCCCCCCC1. The van der Waals surface area contributed by atoms with Gasteiger partial charge in [0.2, 0.25) is 0 Å². The number of amides is 1. The van der Waals surface area contributed by atoms with Crippen molar-refractivity contribution in [3.63, 3.8) is 0 Å². The second-order valence-electron chi connectivity index (χ2n) is 12.7. The molecular weight excluding hydrogens is 448 g/mol. The van der Waals surface area contributed by atoms with Crippen molar-refractivity contribution < 1.29 is 14.3 Å². The second kappa shape index (κ2) is 11.3. The maximum atomic E-state index is 12.6. The summed E-state index contributed by atoms with van der Waals surface area (Å²) in [7, 11) is 0. The lowest BCUT2D eigenvalue weighted by Gasteiger charge is -2.72. The van der Waals surface area contributed by atoms with Crippen LogP contribution in [0.5, 0.6) is 0 Å². The minimum atomic E-state index is -0.405. The van der Waals surface area contributed by atoms with Crippen molar-refractivity contribution in [2.75, 3.05) is 6.61 Å². The lowest BCUT2D eigenvalue weighted by Crippen LogP contribution is -2.85. The zero-order valence-corrected chi connectivity index (χ0v) is 23.0. The molecule has 0 aromatic rings. The molecule has 4 fully saturated rings. The van der Waals surface area contributed by atoms with Crippen LogP contribution in [0.3, 0.4) is 0 Å². The van der Waals surface area contributed by atoms with Crippen molar-refractivity contribution in [2.45, 2.75) is 127 Å². The summed E-state index contributed by atoms with van der Waals surface area (Å²) >= 11 is 0. The van der Waals surface area contributed by atoms with E-state index < -0.39 is 5.72 Å². The third-order valence-corrected chi connectivity index (χ3v) is 8.44. The van der Waals surface area contributed by atoms with Gasteiger partial charge in [0.25, 0.3) is 5.91 Å². The Labute approximate surface area is 218 Å². The van der Waals surface area contributed by atoms with Gasteiger partial charge in [-0.05, 0) is 77.9 Å². The highest BCUT2D eigenvalue weighted by Crippen LogP contribution is 2.61. The standard InChI is InChI=1S/C31H48N2O3/c1-28(2,25-17-13-9-6-5-7-10-14-18-25)36-29(3,4)33-31-22-30(23-31,24-31)32-27(34)21-35-26-19-15-11-8-12-16-20-26/h8,11-12,15-16,19-20,25,33H,5-7,9-10,13-14,17-18,21-24H2,1-4H3,(H,32,34)/b11-8-,12-8?,15-11?,16-12-,19-15-,20-16?,26-19?,26-20+. The highest BCUT2D eigenvalue weighted by molar-refractivity contribution is 5.79. The Kier molecular flexibility index (Phi) is 8.51. The molecule has 5 nitrogen and oxygen atoms in total. The Hall–Kier alpha value is -1.85. The molecule has 2 bridgehead atoms. The molecule has 36 heavy (non-hydrogen) atoms. The van der Waals surface area contributed by atoms with Crippen LogP contribution in [-0.2, 0) is 14.3 Å². The van der Waals surface area contributed by atoms with Crippen molar-refractivity contribution >= 4 is 5.91 Å². The van der Waals surface area contributed by atoms with Gasteiger partial charge in [-0.25, -0.2) is 0 Å². The van der Waals surface area contributed by atoms with Crippen LogP contribution in [0.2, 0.25) is 0 Å². The maximum absolute atomic E-state index is 12.6. The number of hydrogen-bond donors (Lipinski definition) is 2. The van der Waals surface area contributed by atoms with Gasteiger partial charge >= 0.3 is 0 Å². The van der Waals surface area contributed by atoms with Crippen LogP contribution in [0, 0.1) is 5.92 Å². The van der Waals surface area contributed by atoms with E-state index in [9.17, 15) is 4.79 Å². The Morgan fingerprint density at radius 2 is 1.44 bits per heavy atom. The molecule has 2 N–H and O–H groups in total. The predicted molar refractivity (Wildman–Crippen MR) is 146 cm³/mol. The second-order valence-corrected chi connectivity index (χ2v) is 12.7. The first-order valence-corrected chi connectivity index (χ1v) is 14.3. The van der Waals surface area contributed by atoms with E-state index >= 15 is 0 Å². The zero-order valence-electron chi connectivity index (χ0n) is 23.0. The number of allylic oxidation sites excluding steroid dienone is 7. The highest BCUT2D eigenvalue weighted by atomic mass is 16.5.